The van der Waals surface area contributed by atoms with Crippen molar-refractivity contribution < 1.29 is 8.42 Å². The van der Waals surface area contributed by atoms with Gasteiger partial charge in [0.2, 0.25) is 0 Å². The normalized spacial score (nSPS) is 12.1. The molecule has 0 aliphatic heterocycles. The van der Waals surface area contributed by atoms with Crippen LogP contribution in [-0.2, 0) is 9.05 Å². The second-order valence-electron chi connectivity index (χ2n) is 2.74. The van der Waals surface area contributed by atoms with Crippen LogP contribution >= 0.6 is 10.7 Å². The van der Waals surface area contributed by atoms with Crippen LogP contribution in [0, 0.1) is 6.92 Å². The summed E-state index contributed by atoms with van der Waals surface area (Å²) in [6, 6.07) is 0. The minimum absolute atomic E-state index is 0.00318. The Balaban J connectivity index is 2.95. The summed E-state index contributed by atoms with van der Waals surface area (Å²) in [7, 11) is 1.50. The highest BCUT2D eigenvalue weighted by Crippen LogP contribution is 2.20. The van der Waals surface area contributed by atoms with Crippen LogP contribution in [0.4, 0.5) is 0 Å². The zero-order chi connectivity index (χ0) is 10.3. The molecule has 0 amide bonds. The van der Waals surface area contributed by atoms with Crippen molar-refractivity contribution in [3.63, 3.8) is 0 Å². The van der Waals surface area contributed by atoms with Gasteiger partial charge in [-0.05, 0) is 6.92 Å². The van der Waals surface area contributed by atoms with E-state index in [1.807, 2.05) is 0 Å². The highest BCUT2D eigenvalue weighted by atomic mass is 35.7. The molecule has 2 aromatic heterocycles. The van der Waals surface area contributed by atoms with Crippen molar-refractivity contribution in [2.75, 3.05) is 0 Å². The number of aryl methyl sites for hydroxylation is 1. The van der Waals surface area contributed by atoms with Crippen LogP contribution < -0.4 is 0 Å². The quantitative estimate of drug-likeness (QED) is 0.686. The van der Waals surface area contributed by atoms with Gasteiger partial charge in [-0.1, -0.05) is 0 Å². The highest BCUT2D eigenvalue weighted by molar-refractivity contribution is 8.13. The molecule has 0 spiro atoms. The molecule has 0 fully saturated rings. The molecule has 2 rings (SSSR count). The topological polar surface area (TPSA) is 64.3 Å². The van der Waals surface area contributed by atoms with E-state index < -0.39 is 9.05 Å². The Bertz CT molecular complexity index is 590. The van der Waals surface area contributed by atoms with Gasteiger partial charge in [0, 0.05) is 23.1 Å². The van der Waals surface area contributed by atoms with Crippen molar-refractivity contribution >= 4 is 25.4 Å². The van der Waals surface area contributed by atoms with Crippen molar-refractivity contribution in [3.05, 3.63) is 24.3 Å². The van der Waals surface area contributed by atoms with Gasteiger partial charge in [0.05, 0.1) is 11.9 Å². The molecule has 0 bridgehead atoms. The molecule has 5 nitrogen and oxygen atoms in total. The number of rotatable bonds is 1. The average molecular weight is 232 g/mol. The van der Waals surface area contributed by atoms with Gasteiger partial charge in [0.1, 0.15) is 0 Å². The van der Waals surface area contributed by atoms with Crippen LogP contribution in [0.15, 0.2) is 23.6 Å². The molecule has 0 atom stereocenters. The zero-order valence-corrected chi connectivity index (χ0v) is 8.75. The number of hydrogen-bond acceptors (Lipinski definition) is 4. The van der Waals surface area contributed by atoms with E-state index in [0.717, 1.165) is 0 Å². The SMILES string of the molecule is Cc1nc2cnccn2c1S(=O)(=O)Cl. The van der Waals surface area contributed by atoms with E-state index in [1.165, 1.54) is 23.0 Å². The lowest BCUT2D eigenvalue weighted by atomic mass is 10.6. The van der Waals surface area contributed by atoms with E-state index in [-0.39, 0.29) is 5.03 Å². The predicted octanol–water partition coefficient (Wildman–Crippen LogP) is 0.965. The predicted molar refractivity (Wildman–Crippen MR) is 50.8 cm³/mol. The maximum absolute atomic E-state index is 11.2. The third-order valence-corrected chi connectivity index (χ3v) is 3.17. The van der Waals surface area contributed by atoms with Crippen molar-refractivity contribution in [2.45, 2.75) is 11.9 Å². The molecule has 2 aromatic rings. The Labute approximate surface area is 84.8 Å². The van der Waals surface area contributed by atoms with E-state index in [2.05, 4.69) is 9.97 Å². The summed E-state index contributed by atoms with van der Waals surface area (Å²) in [5.74, 6) is 0. The smallest absolute Gasteiger partial charge is 0.279 e. The lowest BCUT2D eigenvalue weighted by molar-refractivity contribution is 0.604. The second kappa shape index (κ2) is 2.93. The van der Waals surface area contributed by atoms with E-state index in [9.17, 15) is 8.42 Å². The minimum atomic E-state index is -3.77. The summed E-state index contributed by atoms with van der Waals surface area (Å²) in [5, 5.41) is -0.00318. The van der Waals surface area contributed by atoms with E-state index >= 15 is 0 Å². The summed E-state index contributed by atoms with van der Waals surface area (Å²) in [5.41, 5.74) is 0.831. The van der Waals surface area contributed by atoms with Gasteiger partial charge < -0.3 is 0 Å². The van der Waals surface area contributed by atoms with Crippen molar-refractivity contribution in [3.8, 4) is 0 Å². The molecule has 74 valence electrons. The molecular formula is C7H6ClN3O2S. The van der Waals surface area contributed by atoms with Gasteiger partial charge >= 0.3 is 0 Å². The standard InChI is InChI=1S/C7H6ClN3O2S/c1-5-7(14(8,12)13)11-3-2-9-4-6(11)10-5/h2-4H,1H3. The Morgan fingerprint density at radius 2 is 2.21 bits per heavy atom. The van der Waals surface area contributed by atoms with Crippen LogP contribution in [-0.4, -0.2) is 22.8 Å². The zero-order valence-electron chi connectivity index (χ0n) is 7.18. The first kappa shape index (κ1) is 9.42. The fraction of sp³-hybridized carbons (Fsp3) is 0.143. The molecule has 0 aliphatic carbocycles. The molecule has 0 aliphatic rings. The van der Waals surface area contributed by atoms with E-state index in [0.29, 0.717) is 11.3 Å². The lowest BCUT2D eigenvalue weighted by Gasteiger charge is -1.96. The second-order valence-corrected chi connectivity index (χ2v) is 5.23. The first-order chi connectivity index (χ1) is 6.50. The van der Waals surface area contributed by atoms with Crippen molar-refractivity contribution in [2.24, 2.45) is 0 Å². The fourth-order valence-electron chi connectivity index (χ4n) is 1.30. The summed E-state index contributed by atoms with van der Waals surface area (Å²) in [6.07, 6.45) is 4.45. The summed E-state index contributed by atoms with van der Waals surface area (Å²) >= 11 is 0. The number of imidazole rings is 1. The van der Waals surface area contributed by atoms with Gasteiger partial charge in [-0.25, -0.2) is 13.4 Å². The average Bonchev–Trinajstić information content (AvgIpc) is 2.38. The Morgan fingerprint density at radius 3 is 2.86 bits per heavy atom. The molecule has 0 saturated carbocycles. The van der Waals surface area contributed by atoms with E-state index in [4.69, 9.17) is 10.7 Å². The highest BCUT2D eigenvalue weighted by Gasteiger charge is 2.20. The number of aromatic nitrogens is 3. The fourth-order valence-corrected chi connectivity index (χ4v) is 2.64. The summed E-state index contributed by atoms with van der Waals surface area (Å²) < 4.78 is 23.8. The van der Waals surface area contributed by atoms with Crippen LogP contribution in [0.25, 0.3) is 5.65 Å². The molecule has 7 heteroatoms. The molecule has 14 heavy (non-hydrogen) atoms. The maximum Gasteiger partial charge on any atom is 0.279 e. The number of nitrogens with zero attached hydrogens (tertiary/aromatic N) is 3. The third-order valence-electron chi connectivity index (χ3n) is 1.78. The molecule has 0 radical (unpaired) electrons. The minimum Gasteiger partial charge on any atom is -0.286 e. The molecule has 0 unspecified atom stereocenters. The maximum atomic E-state index is 11.2. The van der Waals surface area contributed by atoms with Crippen LogP contribution in [0.1, 0.15) is 5.69 Å². The van der Waals surface area contributed by atoms with Crippen molar-refractivity contribution in [1.29, 1.82) is 0 Å². The Hall–Kier alpha value is -1.14. The first-order valence-corrected chi connectivity index (χ1v) is 6.04. The molecule has 0 aromatic carbocycles. The van der Waals surface area contributed by atoms with Crippen LogP contribution in [0.5, 0.6) is 0 Å². The first-order valence-electron chi connectivity index (χ1n) is 3.73. The van der Waals surface area contributed by atoms with Gasteiger partial charge in [-0.2, -0.15) is 0 Å². The van der Waals surface area contributed by atoms with Gasteiger partial charge in [0.15, 0.2) is 10.7 Å². The molecular weight excluding hydrogens is 226 g/mol. The number of hydrogen-bond donors (Lipinski definition) is 0. The van der Waals surface area contributed by atoms with Crippen LogP contribution in [0.3, 0.4) is 0 Å². The molecule has 0 N–H and O–H groups in total. The number of halogens is 1. The largest absolute Gasteiger partial charge is 0.286 e. The lowest BCUT2D eigenvalue weighted by Crippen LogP contribution is -1.98. The molecule has 0 saturated heterocycles. The van der Waals surface area contributed by atoms with E-state index in [1.54, 1.807) is 6.92 Å². The Kier molecular flexibility index (Phi) is 1.97. The van der Waals surface area contributed by atoms with Crippen LogP contribution in [0.2, 0.25) is 0 Å². The monoisotopic (exact) mass is 231 g/mol. The summed E-state index contributed by atoms with van der Waals surface area (Å²) in [4.78, 5) is 7.84. The third kappa shape index (κ3) is 1.36. The van der Waals surface area contributed by atoms with Gasteiger partial charge in [-0.3, -0.25) is 9.38 Å². The van der Waals surface area contributed by atoms with Gasteiger partial charge in [0.25, 0.3) is 9.05 Å². The Morgan fingerprint density at radius 1 is 1.50 bits per heavy atom. The number of fused-ring (bicyclic) bond motifs is 1. The van der Waals surface area contributed by atoms with Crippen molar-refractivity contribution in [1.82, 2.24) is 14.4 Å². The summed E-state index contributed by atoms with van der Waals surface area (Å²) in [6.45, 7) is 1.59. The molecule has 2 heterocycles. The van der Waals surface area contributed by atoms with Gasteiger partial charge in [-0.15, -0.1) is 0 Å².